The fraction of sp³-hybridized carbons (Fsp3) is 0.250. The molecular weight excluding hydrogens is 392 g/mol. The Labute approximate surface area is 184 Å². The number of aryl methyl sites for hydroxylation is 4. The molecule has 31 heavy (non-hydrogen) atoms. The van der Waals surface area contributed by atoms with Crippen molar-refractivity contribution in [3.05, 3.63) is 65.4 Å². The number of hydrogen-bond acceptors (Lipinski definition) is 0. The molecule has 6 rings (SSSR count). The van der Waals surface area contributed by atoms with Crippen LogP contribution in [0.5, 0.6) is 0 Å². The molecule has 0 aliphatic carbocycles. The molecule has 0 bridgehead atoms. The molecule has 0 spiro atoms. The Hall–Kier alpha value is -2.91. The number of pyridine rings is 2. The standard InChI is InChI=1S/C28H29N2Si/c1-16-12-18(3)24-21-9-8-17(2)25-27(21)30(22(24)13-16)23-15-20(31(5,6)7)14-19-10-11-29(4)28(25)26(19)23/h8-15H,1-7H3/q+1. The summed E-state index contributed by atoms with van der Waals surface area (Å²) < 4.78 is 4.90. The first-order valence-corrected chi connectivity index (χ1v) is 14.7. The van der Waals surface area contributed by atoms with Crippen molar-refractivity contribution in [2.75, 3.05) is 0 Å². The Bertz CT molecular complexity index is 1700. The fourth-order valence-corrected chi connectivity index (χ4v) is 6.82. The minimum absolute atomic E-state index is 1.32. The average Bonchev–Trinajstić information content (AvgIpc) is 3.02. The molecule has 0 atom stereocenters. The Morgan fingerprint density at radius 2 is 1.52 bits per heavy atom. The highest BCUT2D eigenvalue weighted by Crippen LogP contribution is 2.41. The summed E-state index contributed by atoms with van der Waals surface area (Å²) in [6, 6.07) is 16.6. The molecule has 154 valence electrons. The second-order valence-corrected chi connectivity index (χ2v) is 15.5. The fourth-order valence-electron chi connectivity index (χ4n) is 5.66. The summed E-state index contributed by atoms with van der Waals surface area (Å²) in [6.45, 7) is 14.1. The summed E-state index contributed by atoms with van der Waals surface area (Å²) in [5, 5.41) is 8.40. The van der Waals surface area contributed by atoms with Gasteiger partial charge in [-0.2, -0.15) is 0 Å². The van der Waals surface area contributed by atoms with Crippen LogP contribution in [0, 0.1) is 20.8 Å². The Morgan fingerprint density at radius 3 is 2.26 bits per heavy atom. The summed E-state index contributed by atoms with van der Waals surface area (Å²) in [5.41, 5.74) is 9.43. The second kappa shape index (κ2) is 5.86. The average molecular weight is 422 g/mol. The van der Waals surface area contributed by atoms with Crippen LogP contribution >= 0.6 is 0 Å². The molecule has 6 aromatic rings. The van der Waals surface area contributed by atoms with E-state index in [0.717, 1.165) is 0 Å². The Balaban J connectivity index is 2.08. The Morgan fingerprint density at radius 1 is 0.774 bits per heavy atom. The van der Waals surface area contributed by atoms with Crippen LogP contribution in [0.15, 0.2) is 48.7 Å². The van der Waals surface area contributed by atoms with E-state index in [-0.39, 0.29) is 0 Å². The highest BCUT2D eigenvalue weighted by Gasteiger charge is 2.26. The summed E-state index contributed by atoms with van der Waals surface area (Å²) in [6.07, 6.45) is 2.24. The smallest absolute Gasteiger partial charge is 0.224 e. The molecule has 0 unspecified atom stereocenters. The first-order chi connectivity index (χ1) is 14.7. The zero-order valence-electron chi connectivity index (χ0n) is 19.5. The van der Waals surface area contributed by atoms with Crippen molar-refractivity contribution in [2.24, 2.45) is 7.05 Å². The molecule has 0 fully saturated rings. The van der Waals surface area contributed by atoms with Crippen molar-refractivity contribution in [1.29, 1.82) is 0 Å². The van der Waals surface area contributed by atoms with Gasteiger partial charge in [-0.1, -0.05) is 49.1 Å². The van der Waals surface area contributed by atoms with E-state index in [9.17, 15) is 0 Å². The minimum atomic E-state index is -1.48. The third kappa shape index (κ3) is 2.35. The van der Waals surface area contributed by atoms with Crippen LogP contribution in [-0.4, -0.2) is 12.5 Å². The van der Waals surface area contributed by atoms with Crippen molar-refractivity contribution < 1.29 is 4.57 Å². The summed E-state index contributed by atoms with van der Waals surface area (Å²) in [4.78, 5) is 0. The molecule has 3 aromatic carbocycles. The van der Waals surface area contributed by atoms with Gasteiger partial charge in [0.05, 0.1) is 35.4 Å². The normalized spacial score (nSPS) is 13.0. The lowest BCUT2D eigenvalue weighted by atomic mass is 9.99. The summed E-state index contributed by atoms with van der Waals surface area (Å²) in [5.74, 6) is 0. The second-order valence-electron chi connectivity index (χ2n) is 10.4. The van der Waals surface area contributed by atoms with Crippen LogP contribution in [0.3, 0.4) is 0 Å². The van der Waals surface area contributed by atoms with E-state index >= 15 is 0 Å². The van der Waals surface area contributed by atoms with E-state index < -0.39 is 8.07 Å². The monoisotopic (exact) mass is 421 g/mol. The van der Waals surface area contributed by atoms with Crippen LogP contribution < -0.4 is 9.75 Å². The summed E-state index contributed by atoms with van der Waals surface area (Å²) >= 11 is 0. The number of aromatic nitrogens is 2. The number of nitrogens with zero attached hydrogens (tertiary/aromatic N) is 2. The molecule has 0 saturated heterocycles. The lowest BCUT2D eigenvalue weighted by Crippen LogP contribution is -2.38. The SMILES string of the molecule is Cc1cc(C)c2c3ccc(C)c4c3n(c2c1)c1cc([Si](C)(C)C)cc2cc[n+](C)c4c21. The van der Waals surface area contributed by atoms with E-state index in [4.69, 9.17) is 0 Å². The van der Waals surface area contributed by atoms with Crippen LogP contribution in [0.1, 0.15) is 16.7 Å². The first kappa shape index (κ1) is 18.8. The van der Waals surface area contributed by atoms with Crippen LogP contribution in [-0.2, 0) is 7.05 Å². The van der Waals surface area contributed by atoms with Crippen LogP contribution in [0.25, 0.3) is 49.0 Å². The predicted molar refractivity (Wildman–Crippen MR) is 137 cm³/mol. The zero-order chi connectivity index (χ0) is 21.8. The predicted octanol–water partition coefficient (Wildman–Crippen LogP) is 6.28. The topological polar surface area (TPSA) is 8.29 Å². The van der Waals surface area contributed by atoms with Gasteiger partial charge >= 0.3 is 0 Å². The molecule has 2 nitrogen and oxygen atoms in total. The van der Waals surface area contributed by atoms with Gasteiger partial charge in [-0.05, 0) is 55.0 Å². The van der Waals surface area contributed by atoms with E-state index in [1.165, 1.54) is 70.9 Å². The lowest BCUT2D eigenvalue weighted by molar-refractivity contribution is -0.643. The molecule has 0 saturated carbocycles. The minimum Gasteiger partial charge on any atom is -0.307 e. The van der Waals surface area contributed by atoms with Crippen molar-refractivity contribution in [3.63, 3.8) is 0 Å². The molecule has 0 amide bonds. The van der Waals surface area contributed by atoms with Crippen molar-refractivity contribution in [3.8, 4) is 0 Å². The largest absolute Gasteiger partial charge is 0.307 e. The summed E-state index contributed by atoms with van der Waals surface area (Å²) in [7, 11) is 0.712. The van der Waals surface area contributed by atoms with E-state index in [0.29, 0.717) is 0 Å². The zero-order valence-corrected chi connectivity index (χ0v) is 20.5. The van der Waals surface area contributed by atoms with Gasteiger partial charge < -0.3 is 4.40 Å². The number of fused-ring (bicyclic) bond motifs is 5. The molecule has 3 heterocycles. The van der Waals surface area contributed by atoms with Crippen molar-refractivity contribution >= 4 is 62.3 Å². The molecule has 0 N–H and O–H groups in total. The van der Waals surface area contributed by atoms with Crippen molar-refractivity contribution in [1.82, 2.24) is 4.40 Å². The quantitative estimate of drug-likeness (QED) is 0.128. The maximum Gasteiger partial charge on any atom is 0.224 e. The van der Waals surface area contributed by atoms with Crippen LogP contribution in [0.2, 0.25) is 19.6 Å². The maximum absolute atomic E-state index is 2.58. The third-order valence-corrected chi connectivity index (χ3v) is 9.16. The Kier molecular flexibility index (Phi) is 3.56. The molecule has 0 aliphatic heterocycles. The van der Waals surface area contributed by atoms with Gasteiger partial charge in [0.15, 0.2) is 6.20 Å². The molecular formula is C28H29N2Si+. The van der Waals surface area contributed by atoms with Gasteiger partial charge in [-0.3, -0.25) is 0 Å². The maximum atomic E-state index is 2.58. The molecule has 3 aromatic heterocycles. The van der Waals surface area contributed by atoms with E-state index in [2.05, 4.69) is 105 Å². The third-order valence-electron chi connectivity index (χ3n) is 7.14. The first-order valence-electron chi connectivity index (χ1n) is 11.2. The number of hydrogen-bond donors (Lipinski definition) is 0. The highest BCUT2D eigenvalue weighted by molar-refractivity contribution is 6.89. The molecule has 3 heteroatoms. The highest BCUT2D eigenvalue weighted by atomic mass is 28.3. The van der Waals surface area contributed by atoms with Gasteiger partial charge in [0.25, 0.3) is 0 Å². The van der Waals surface area contributed by atoms with E-state index in [1.54, 1.807) is 0 Å². The van der Waals surface area contributed by atoms with Gasteiger partial charge in [-0.15, -0.1) is 0 Å². The molecule has 0 aliphatic rings. The van der Waals surface area contributed by atoms with Gasteiger partial charge in [0, 0.05) is 16.8 Å². The number of rotatable bonds is 1. The van der Waals surface area contributed by atoms with E-state index in [1.807, 2.05) is 0 Å². The number of benzene rings is 3. The van der Waals surface area contributed by atoms with Crippen LogP contribution in [0.4, 0.5) is 0 Å². The molecule has 0 radical (unpaired) electrons. The van der Waals surface area contributed by atoms with Gasteiger partial charge in [0.2, 0.25) is 5.52 Å². The lowest BCUT2D eigenvalue weighted by Gasteiger charge is -2.20. The van der Waals surface area contributed by atoms with Crippen molar-refractivity contribution in [2.45, 2.75) is 40.4 Å². The van der Waals surface area contributed by atoms with Gasteiger partial charge in [-0.25, -0.2) is 4.57 Å². The van der Waals surface area contributed by atoms with Gasteiger partial charge in [0.1, 0.15) is 7.05 Å².